The van der Waals surface area contributed by atoms with Gasteiger partial charge in [-0.3, -0.25) is 9.59 Å². The van der Waals surface area contributed by atoms with Gasteiger partial charge in [-0.05, 0) is 12.1 Å². The van der Waals surface area contributed by atoms with Crippen LogP contribution in [0.2, 0.25) is 0 Å². The fraction of sp³-hybridized carbons (Fsp3) is 0.429. The van der Waals surface area contributed by atoms with Crippen molar-refractivity contribution in [3.63, 3.8) is 0 Å². The fourth-order valence-corrected chi connectivity index (χ4v) is 1.67. The lowest BCUT2D eigenvalue weighted by molar-refractivity contribution is -0.140. The molecule has 0 unspecified atom stereocenters. The number of hydrogen-bond acceptors (Lipinski definition) is 5. The van der Waals surface area contributed by atoms with Crippen molar-refractivity contribution >= 4 is 17.6 Å². The zero-order valence-electron chi connectivity index (χ0n) is 11.3. The van der Waals surface area contributed by atoms with Gasteiger partial charge in [0.05, 0.1) is 27.1 Å². The van der Waals surface area contributed by atoms with Crippen molar-refractivity contribution in [2.45, 2.75) is 12.8 Å². The molecule has 0 spiro atoms. The molecular weight excluding hydrogens is 246 g/mol. The first kappa shape index (κ1) is 15.0. The number of hydrogen-bond donors (Lipinski definition) is 0. The highest BCUT2D eigenvalue weighted by Gasteiger charge is 2.11. The molecule has 0 aliphatic carbocycles. The summed E-state index contributed by atoms with van der Waals surface area (Å²) in [5.41, 5.74) is 0.968. The molecule has 0 fully saturated rings. The van der Waals surface area contributed by atoms with Crippen LogP contribution in [0.4, 0.5) is 5.69 Å². The average molecular weight is 265 g/mol. The van der Waals surface area contributed by atoms with E-state index in [0.717, 1.165) is 5.69 Å². The lowest BCUT2D eigenvalue weighted by atomic mass is 10.2. The van der Waals surface area contributed by atoms with Crippen molar-refractivity contribution < 1.29 is 19.1 Å². The molecule has 1 aromatic carbocycles. The van der Waals surface area contributed by atoms with Crippen LogP contribution in [0.5, 0.6) is 0 Å². The van der Waals surface area contributed by atoms with E-state index in [2.05, 4.69) is 9.47 Å². The van der Waals surface area contributed by atoms with Crippen LogP contribution in [0.1, 0.15) is 12.8 Å². The van der Waals surface area contributed by atoms with E-state index in [1.54, 1.807) is 0 Å². The molecule has 0 atom stereocenters. The van der Waals surface area contributed by atoms with Gasteiger partial charge in [-0.2, -0.15) is 0 Å². The van der Waals surface area contributed by atoms with Crippen LogP contribution in [0.3, 0.4) is 0 Å². The van der Waals surface area contributed by atoms with Crippen LogP contribution in [0, 0.1) is 0 Å². The number of para-hydroxylation sites is 1. The van der Waals surface area contributed by atoms with E-state index in [0.29, 0.717) is 13.1 Å². The zero-order chi connectivity index (χ0) is 14.1. The summed E-state index contributed by atoms with van der Waals surface area (Å²) in [4.78, 5) is 24.4. The lowest BCUT2D eigenvalue weighted by Gasteiger charge is -2.23. The van der Waals surface area contributed by atoms with Crippen LogP contribution >= 0.6 is 0 Å². The maximum absolute atomic E-state index is 11.2. The molecule has 0 aromatic heterocycles. The minimum absolute atomic E-state index is 0.265. The quantitative estimate of drug-likeness (QED) is 0.701. The summed E-state index contributed by atoms with van der Waals surface area (Å²) in [6.45, 7) is 1.02. The predicted octanol–water partition coefficient (Wildman–Crippen LogP) is 1.62. The Hall–Kier alpha value is -2.04. The van der Waals surface area contributed by atoms with Crippen molar-refractivity contribution in [1.82, 2.24) is 0 Å². The standard InChI is InChI=1S/C14H19NO4/c1-18-13(16)8-10-15(11-9-14(17)19-2)12-6-4-3-5-7-12/h3-7H,8-11H2,1-2H3. The number of methoxy groups -OCH3 is 2. The van der Waals surface area contributed by atoms with Gasteiger partial charge in [0.1, 0.15) is 0 Å². The molecule has 0 heterocycles. The molecule has 5 nitrogen and oxygen atoms in total. The average Bonchev–Trinajstić information content (AvgIpc) is 2.47. The molecule has 0 aliphatic heterocycles. The van der Waals surface area contributed by atoms with Gasteiger partial charge in [-0.25, -0.2) is 0 Å². The lowest BCUT2D eigenvalue weighted by Crippen LogP contribution is -2.29. The van der Waals surface area contributed by atoms with Crippen LogP contribution in [0.15, 0.2) is 30.3 Å². The highest BCUT2D eigenvalue weighted by molar-refractivity contribution is 5.71. The summed E-state index contributed by atoms with van der Waals surface area (Å²) in [7, 11) is 2.73. The molecule has 0 amide bonds. The minimum atomic E-state index is -0.265. The molecule has 104 valence electrons. The Morgan fingerprint density at radius 3 is 1.84 bits per heavy atom. The summed E-state index contributed by atoms with van der Waals surface area (Å²) in [5, 5.41) is 0. The molecule has 0 saturated carbocycles. The second-order valence-corrected chi connectivity index (χ2v) is 3.97. The van der Waals surface area contributed by atoms with E-state index < -0.39 is 0 Å². The summed E-state index contributed by atoms with van der Waals surface area (Å²) < 4.78 is 9.25. The molecule has 19 heavy (non-hydrogen) atoms. The summed E-state index contributed by atoms with van der Waals surface area (Å²) in [5.74, 6) is -0.530. The molecule has 0 aliphatic rings. The number of anilines is 1. The van der Waals surface area contributed by atoms with Crippen molar-refractivity contribution in [3.8, 4) is 0 Å². The van der Waals surface area contributed by atoms with E-state index in [9.17, 15) is 9.59 Å². The molecule has 0 radical (unpaired) electrons. The molecule has 0 bridgehead atoms. The Morgan fingerprint density at radius 2 is 1.42 bits per heavy atom. The minimum Gasteiger partial charge on any atom is -0.469 e. The van der Waals surface area contributed by atoms with Gasteiger partial charge in [0.2, 0.25) is 0 Å². The van der Waals surface area contributed by atoms with Crippen molar-refractivity contribution in [1.29, 1.82) is 0 Å². The second kappa shape index (κ2) is 8.13. The molecule has 0 saturated heterocycles. The van der Waals surface area contributed by atoms with Gasteiger partial charge in [-0.15, -0.1) is 0 Å². The number of carbonyl (C=O) groups excluding carboxylic acids is 2. The molecular formula is C14H19NO4. The molecule has 1 aromatic rings. The first-order valence-corrected chi connectivity index (χ1v) is 6.11. The number of carbonyl (C=O) groups is 2. The Kier molecular flexibility index (Phi) is 6.43. The van der Waals surface area contributed by atoms with Crippen molar-refractivity contribution in [2.24, 2.45) is 0 Å². The Balaban J connectivity index is 2.62. The first-order valence-electron chi connectivity index (χ1n) is 6.11. The van der Waals surface area contributed by atoms with E-state index in [-0.39, 0.29) is 24.8 Å². The van der Waals surface area contributed by atoms with Gasteiger partial charge >= 0.3 is 11.9 Å². The highest BCUT2D eigenvalue weighted by atomic mass is 16.5. The van der Waals surface area contributed by atoms with Crippen LogP contribution < -0.4 is 4.90 Å². The van der Waals surface area contributed by atoms with E-state index in [4.69, 9.17) is 0 Å². The number of benzene rings is 1. The van der Waals surface area contributed by atoms with Crippen LogP contribution in [-0.4, -0.2) is 39.2 Å². The third-order valence-electron chi connectivity index (χ3n) is 2.75. The first-order chi connectivity index (χ1) is 9.17. The van der Waals surface area contributed by atoms with Gasteiger partial charge < -0.3 is 14.4 Å². The third-order valence-corrected chi connectivity index (χ3v) is 2.75. The Morgan fingerprint density at radius 1 is 0.947 bits per heavy atom. The highest BCUT2D eigenvalue weighted by Crippen LogP contribution is 2.14. The number of rotatable bonds is 7. The molecule has 5 heteroatoms. The smallest absolute Gasteiger partial charge is 0.307 e. The second-order valence-electron chi connectivity index (χ2n) is 3.97. The number of esters is 2. The SMILES string of the molecule is COC(=O)CCN(CCC(=O)OC)c1ccccc1. The third kappa shape index (κ3) is 5.42. The number of nitrogens with zero attached hydrogens (tertiary/aromatic N) is 1. The maximum Gasteiger partial charge on any atom is 0.307 e. The van der Waals surface area contributed by atoms with Crippen molar-refractivity contribution in [2.75, 3.05) is 32.2 Å². The van der Waals surface area contributed by atoms with Gasteiger partial charge in [0.25, 0.3) is 0 Å². The Labute approximate surface area is 113 Å². The van der Waals surface area contributed by atoms with E-state index in [1.807, 2.05) is 35.2 Å². The molecule has 1 rings (SSSR count). The van der Waals surface area contributed by atoms with Gasteiger partial charge in [0, 0.05) is 18.8 Å². The Bertz CT molecular complexity index is 385. The van der Waals surface area contributed by atoms with Gasteiger partial charge in [0.15, 0.2) is 0 Å². The monoisotopic (exact) mass is 265 g/mol. The van der Waals surface area contributed by atoms with E-state index >= 15 is 0 Å². The summed E-state index contributed by atoms with van der Waals surface area (Å²) in [6.07, 6.45) is 0.569. The van der Waals surface area contributed by atoms with Crippen molar-refractivity contribution in [3.05, 3.63) is 30.3 Å². The van der Waals surface area contributed by atoms with E-state index in [1.165, 1.54) is 14.2 Å². The zero-order valence-corrected chi connectivity index (χ0v) is 11.3. The largest absolute Gasteiger partial charge is 0.469 e. The summed E-state index contributed by atoms with van der Waals surface area (Å²) >= 11 is 0. The van der Waals surface area contributed by atoms with Gasteiger partial charge in [-0.1, -0.05) is 18.2 Å². The maximum atomic E-state index is 11.2. The fourth-order valence-electron chi connectivity index (χ4n) is 1.67. The topological polar surface area (TPSA) is 55.8 Å². The van der Waals surface area contributed by atoms with Crippen LogP contribution in [0.25, 0.3) is 0 Å². The summed E-state index contributed by atoms with van der Waals surface area (Å²) in [6, 6.07) is 9.63. The molecule has 0 N–H and O–H groups in total. The predicted molar refractivity (Wildman–Crippen MR) is 71.9 cm³/mol. The van der Waals surface area contributed by atoms with Crippen LogP contribution in [-0.2, 0) is 19.1 Å². The normalized spacial score (nSPS) is 9.79. The number of ether oxygens (including phenoxy) is 2.